The Morgan fingerprint density at radius 1 is 1.07 bits per heavy atom. The smallest absolute Gasteiger partial charge is 0.113 e. The van der Waals surface area contributed by atoms with Crippen molar-refractivity contribution in [3.8, 4) is 0 Å². The zero-order valence-corrected chi connectivity index (χ0v) is 17.3. The van der Waals surface area contributed by atoms with E-state index in [1.54, 1.807) is 12.1 Å². The Morgan fingerprint density at radius 3 is 2.60 bits per heavy atom. The van der Waals surface area contributed by atoms with Crippen LogP contribution in [0.1, 0.15) is 29.7 Å². The molecule has 3 aromatic rings. The Bertz CT molecular complexity index is 1040. The Labute approximate surface area is 179 Å². The van der Waals surface area contributed by atoms with Gasteiger partial charge in [-0.05, 0) is 48.2 Å². The number of benzene rings is 2. The quantitative estimate of drug-likeness (QED) is 0.490. The zero-order valence-electron chi connectivity index (χ0n) is 16.5. The number of ether oxygens (including phenoxy) is 1. The van der Waals surface area contributed by atoms with Gasteiger partial charge >= 0.3 is 0 Å². The molecule has 160 valence electrons. The summed E-state index contributed by atoms with van der Waals surface area (Å²) >= 11 is 6.42. The summed E-state index contributed by atoms with van der Waals surface area (Å²) in [6.45, 7) is 2.38. The number of aromatic nitrogens is 2. The van der Waals surface area contributed by atoms with Crippen molar-refractivity contribution in [3.05, 3.63) is 64.3 Å². The van der Waals surface area contributed by atoms with E-state index in [-0.39, 0.29) is 0 Å². The van der Waals surface area contributed by atoms with Crippen molar-refractivity contribution in [3.63, 3.8) is 0 Å². The maximum atomic E-state index is 10.4. The number of rotatable bonds is 5. The van der Waals surface area contributed by atoms with Crippen molar-refractivity contribution in [1.29, 1.82) is 0 Å². The third-order valence-corrected chi connectivity index (χ3v) is 5.99. The van der Waals surface area contributed by atoms with E-state index in [9.17, 15) is 20.4 Å². The molecule has 1 aliphatic heterocycles. The summed E-state index contributed by atoms with van der Waals surface area (Å²) in [5.41, 5.74) is 3.45. The number of nitrogens with zero attached hydrogens (tertiary/aromatic N) is 2. The summed E-state index contributed by atoms with van der Waals surface area (Å²) in [4.78, 5) is 0. The van der Waals surface area contributed by atoms with Gasteiger partial charge in [0.1, 0.15) is 30.5 Å². The molecule has 1 aromatic heterocycles. The van der Waals surface area contributed by atoms with Gasteiger partial charge in [-0.25, -0.2) is 0 Å². The molecule has 8 heteroatoms. The molecule has 5 atom stereocenters. The highest BCUT2D eigenvalue weighted by Gasteiger charge is 2.44. The van der Waals surface area contributed by atoms with E-state index in [1.807, 2.05) is 36.0 Å². The topological polar surface area (TPSA) is 108 Å². The minimum absolute atomic E-state index is 0.465. The van der Waals surface area contributed by atoms with E-state index in [4.69, 9.17) is 16.3 Å². The van der Waals surface area contributed by atoms with Crippen LogP contribution in [-0.2, 0) is 17.7 Å². The van der Waals surface area contributed by atoms with E-state index in [0.717, 1.165) is 28.6 Å². The Kier molecular flexibility index (Phi) is 6.11. The number of halogens is 1. The molecule has 4 rings (SSSR count). The maximum absolute atomic E-state index is 10.4. The largest absolute Gasteiger partial charge is 0.394 e. The molecule has 0 unspecified atom stereocenters. The molecule has 1 aliphatic rings. The monoisotopic (exact) mass is 432 g/mol. The summed E-state index contributed by atoms with van der Waals surface area (Å²) in [5, 5.41) is 46.0. The first kappa shape index (κ1) is 21.2. The number of fused-ring (bicyclic) bond motifs is 1. The Balaban J connectivity index is 1.62. The van der Waals surface area contributed by atoms with Gasteiger partial charge in [0.15, 0.2) is 0 Å². The molecular weight excluding hydrogens is 408 g/mol. The van der Waals surface area contributed by atoms with Crippen LogP contribution in [0.5, 0.6) is 0 Å². The highest BCUT2D eigenvalue weighted by Crippen LogP contribution is 2.34. The molecule has 1 saturated heterocycles. The SMILES string of the molecule is CCn1cc2cc(Cc3cc([C@@H]4O[C@H](CO)[C@@H](O)[C@H](O)[C@H]4O)ccc3Cl)ccc2n1. The van der Waals surface area contributed by atoms with Crippen molar-refractivity contribution in [1.82, 2.24) is 9.78 Å². The highest BCUT2D eigenvalue weighted by molar-refractivity contribution is 6.31. The van der Waals surface area contributed by atoms with Gasteiger partial charge in [0.05, 0.1) is 12.1 Å². The van der Waals surface area contributed by atoms with Crippen LogP contribution in [0.4, 0.5) is 0 Å². The lowest BCUT2D eigenvalue weighted by molar-refractivity contribution is -0.231. The van der Waals surface area contributed by atoms with Gasteiger partial charge in [0.2, 0.25) is 0 Å². The number of hydrogen-bond donors (Lipinski definition) is 4. The van der Waals surface area contributed by atoms with Gasteiger partial charge in [-0.3, -0.25) is 4.68 Å². The maximum Gasteiger partial charge on any atom is 0.113 e. The number of aliphatic hydroxyl groups is 4. The van der Waals surface area contributed by atoms with Crippen molar-refractivity contribution in [2.45, 2.75) is 50.4 Å². The van der Waals surface area contributed by atoms with Crippen LogP contribution in [0.15, 0.2) is 42.6 Å². The molecule has 4 N–H and O–H groups in total. The standard InChI is InChI=1S/C22H25ClN2O5/c1-2-25-10-15-8-12(3-6-17(15)24-25)7-14-9-13(4-5-16(14)23)22-21(29)20(28)19(27)18(11-26)30-22/h3-6,8-10,18-22,26-29H,2,7,11H2,1H3/t18-,19-,20+,21-,22+/m1/s1. The lowest BCUT2D eigenvalue weighted by atomic mass is 9.90. The zero-order chi connectivity index (χ0) is 21.4. The van der Waals surface area contributed by atoms with Crippen LogP contribution < -0.4 is 0 Å². The first-order chi connectivity index (χ1) is 14.4. The van der Waals surface area contributed by atoms with Gasteiger partial charge in [-0.15, -0.1) is 0 Å². The normalized spacial score (nSPS) is 26.9. The average Bonchev–Trinajstić information content (AvgIpc) is 3.17. The molecule has 0 radical (unpaired) electrons. The summed E-state index contributed by atoms with van der Waals surface area (Å²) in [6, 6.07) is 11.3. The molecular formula is C22H25ClN2O5. The fourth-order valence-corrected chi connectivity index (χ4v) is 4.09. The third kappa shape index (κ3) is 3.97. The second-order valence-corrected chi connectivity index (χ2v) is 8.06. The van der Waals surface area contributed by atoms with Crippen LogP contribution in [0.2, 0.25) is 5.02 Å². The van der Waals surface area contributed by atoms with Gasteiger partial charge in [0.25, 0.3) is 0 Å². The molecule has 2 heterocycles. The molecule has 0 spiro atoms. The second-order valence-electron chi connectivity index (χ2n) is 7.66. The van der Waals surface area contributed by atoms with Gasteiger partial charge < -0.3 is 25.2 Å². The first-order valence-corrected chi connectivity index (χ1v) is 10.3. The van der Waals surface area contributed by atoms with E-state index < -0.39 is 37.1 Å². The molecule has 0 amide bonds. The Hall–Kier alpha value is -2.00. The van der Waals surface area contributed by atoms with Crippen LogP contribution >= 0.6 is 11.6 Å². The number of aliphatic hydroxyl groups excluding tert-OH is 4. The molecule has 0 bridgehead atoms. The predicted octanol–water partition coefficient (Wildman–Crippen LogP) is 1.82. The summed E-state index contributed by atoms with van der Waals surface area (Å²) in [7, 11) is 0. The van der Waals surface area contributed by atoms with Crippen LogP contribution in [0.25, 0.3) is 10.9 Å². The van der Waals surface area contributed by atoms with Gasteiger partial charge in [-0.2, -0.15) is 5.10 Å². The molecule has 7 nitrogen and oxygen atoms in total. The van der Waals surface area contributed by atoms with Crippen molar-refractivity contribution in [2.75, 3.05) is 6.61 Å². The average molecular weight is 433 g/mol. The molecule has 1 fully saturated rings. The minimum Gasteiger partial charge on any atom is -0.394 e. The van der Waals surface area contributed by atoms with Crippen LogP contribution in [-0.4, -0.2) is 61.2 Å². The molecule has 0 aliphatic carbocycles. The van der Waals surface area contributed by atoms with E-state index >= 15 is 0 Å². The van der Waals surface area contributed by atoms with Crippen molar-refractivity contribution >= 4 is 22.5 Å². The summed E-state index contributed by atoms with van der Waals surface area (Å²) < 4.78 is 7.56. The summed E-state index contributed by atoms with van der Waals surface area (Å²) in [5.74, 6) is 0. The number of hydrogen-bond acceptors (Lipinski definition) is 6. The highest BCUT2D eigenvalue weighted by atomic mass is 35.5. The van der Waals surface area contributed by atoms with Crippen LogP contribution in [0.3, 0.4) is 0 Å². The molecule has 2 aromatic carbocycles. The Morgan fingerprint density at radius 2 is 1.87 bits per heavy atom. The summed E-state index contributed by atoms with van der Waals surface area (Å²) in [6.07, 6.45) is -3.40. The van der Waals surface area contributed by atoms with Crippen molar-refractivity contribution < 1.29 is 25.2 Å². The van der Waals surface area contributed by atoms with Gasteiger partial charge in [-0.1, -0.05) is 29.8 Å². The number of aryl methyl sites for hydroxylation is 1. The molecule has 30 heavy (non-hydrogen) atoms. The fraction of sp³-hybridized carbons (Fsp3) is 0.409. The second kappa shape index (κ2) is 8.63. The first-order valence-electron chi connectivity index (χ1n) is 9.96. The minimum atomic E-state index is -1.42. The van der Waals surface area contributed by atoms with Crippen LogP contribution in [0, 0.1) is 0 Å². The van der Waals surface area contributed by atoms with E-state index in [0.29, 0.717) is 17.0 Å². The molecule has 0 saturated carbocycles. The van der Waals surface area contributed by atoms with E-state index in [1.165, 1.54) is 0 Å². The lowest BCUT2D eigenvalue weighted by Crippen LogP contribution is -2.55. The predicted molar refractivity (Wildman–Crippen MR) is 112 cm³/mol. The van der Waals surface area contributed by atoms with Gasteiger partial charge in [0, 0.05) is 23.2 Å². The lowest BCUT2D eigenvalue weighted by Gasteiger charge is -2.40. The fourth-order valence-electron chi connectivity index (χ4n) is 3.90. The van der Waals surface area contributed by atoms with E-state index in [2.05, 4.69) is 11.2 Å². The van der Waals surface area contributed by atoms with Crippen molar-refractivity contribution in [2.24, 2.45) is 0 Å². The third-order valence-electron chi connectivity index (χ3n) is 5.63.